The molecule has 2 aromatic carbocycles. The van der Waals surface area contributed by atoms with Crippen LogP contribution in [0.1, 0.15) is 33.6 Å². The molecule has 0 saturated carbocycles. The van der Waals surface area contributed by atoms with Crippen molar-refractivity contribution in [1.29, 1.82) is 0 Å². The van der Waals surface area contributed by atoms with Crippen LogP contribution in [0.25, 0.3) is 0 Å². The average Bonchev–Trinajstić information content (AvgIpc) is 3.30. The summed E-state index contributed by atoms with van der Waals surface area (Å²) in [5, 5.41) is 5.03. The van der Waals surface area contributed by atoms with E-state index in [2.05, 4.69) is 23.5 Å². The third-order valence-corrected chi connectivity index (χ3v) is 6.18. The van der Waals surface area contributed by atoms with E-state index in [9.17, 15) is 9.59 Å². The molecule has 2 heterocycles. The molecule has 1 aromatic heterocycles. The minimum atomic E-state index is -0.183. The molecule has 1 unspecified atom stereocenters. The average molecular weight is 405 g/mol. The zero-order valence-electron chi connectivity index (χ0n) is 16.2. The van der Waals surface area contributed by atoms with E-state index in [0.29, 0.717) is 13.1 Å². The van der Waals surface area contributed by atoms with Crippen molar-refractivity contribution < 1.29 is 9.59 Å². The lowest BCUT2D eigenvalue weighted by atomic mass is 9.96. The second-order valence-electron chi connectivity index (χ2n) is 7.38. The van der Waals surface area contributed by atoms with Gasteiger partial charge in [-0.1, -0.05) is 54.6 Å². The molecule has 148 valence electrons. The molecule has 1 atom stereocenters. The highest BCUT2D eigenvalue weighted by Crippen LogP contribution is 2.24. The van der Waals surface area contributed by atoms with Crippen molar-refractivity contribution >= 4 is 28.8 Å². The molecule has 4 rings (SSSR count). The van der Waals surface area contributed by atoms with Crippen LogP contribution in [0.2, 0.25) is 0 Å². The Morgan fingerprint density at radius 2 is 1.79 bits per heavy atom. The van der Waals surface area contributed by atoms with Gasteiger partial charge in [-0.2, -0.15) is 0 Å². The molecular weight excluding hydrogens is 380 g/mol. The first kappa shape index (κ1) is 19.4. The van der Waals surface area contributed by atoms with E-state index in [1.165, 1.54) is 16.9 Å². The van der Waals surface area contributed by atoms with Crippen molar-refractivity contribution in [1.82, 2.24) is 4.90 Å². The van der Waals surface area contributed by atoms with Crippen LogP contribution < -0.4 is 5.32 Å². The van der Waals surface area contributed by atoms with E-state index in [-0.39, 0.29) is 17.7 Å². The fourth-order valence-electron chi connectivity index (χ4n) is 3.78. The van der Waals surface area contributed by atoms with Crippen molar-refractivity contribution in [2.75, 3.05) is 18.4 Å². The Balaban J connectivity index is 1.43. The smallest absolute Gasteiger partial charge is 0.263 e. The summed E-state index contributed by atoms with van der Waals surface area (Å²) in [5.74, 6) is -0.159. The molecule has 3 aromatic rings. The third kappa shape index (κ3) is 4.74. The summed E-state index contributed by atoms with van der Waals surface area (Å²) in [6.45, 7) is 1.19. The summed E-state index contributed by atoms with van der Waals surface area (Å²) in [6, 6.07) is 21.9. The number of hydrogen-bond donors (Lipinski definition) is 1. The Kier molecular flexibility index (Phi) is 6.06. The summed E-state index contributed by atoms with van der Waals surface area (Å²) < 4.78 is 0. The van der Waals surface area contributed by atoms with Gasteiger partial charge in [-0.05, 0) is 47.9 Å². The minimum Gasteiger partial charge on any atom is -0.337 e. The zero-order chi connectivity index (χ0) is 20.1. The second kappa shape index (κ2) is 9.05. The molecule has 1 aliphatic rings. The van der Waals surface area contributed by atoms with Crippen LogP contribution >= 0.6 is 11.3 Å². The number of amides is 2. The fraction of sp³-hybridized carbons (Fsp3) is 0.250. The summed E-state index contributed by atoms with van der Waals surface area (Å²) in [7, 11) is 0. The highest BCUT2D eigenvalue weighted by Gasteiger charge is 2.29. The maximum Gasteiger partial charge on any atom is 0.263 e. The highest BCUT2D eigenvalue weighted by atomic mass is 32.1. The first-order valence-corrected chi connectivity index (χ1v) is 10.8. The molecular formula is C24H24N2O2S. The Morgan fingerprint density at radius 1 is 1.00 bits per heavy atom. The lowest BCUT2D eigenvalue weighted by Crippen LogP contribution is -2.43. The van der Waals surface area contributed by atoms with E-state index in [4.69, 9.17) is 0 Å². The molecule has 0 bridgehead atoms. The van der Waals surface area contributed by atoms with Gasteiger partial charge in [-0.15, -0.1) is 11.3 Å². The number of piperidine rings is 1. The summed E-state index contributed by atoms with van der Waals surface area (Å²) >= 11 is 1.45. The van der Waals surface area contributed by atoms with Gasteiger partial charge < -0.3 is 10.2 Å². The molecule has 4 nitrogen and oxygen atoms in total. The van der Waals surface area contributed by atoms with Crippen LogP contribution in [0.5, 0.6) is 0 Å². The number of likely N-dealkylation sites (tertiary alicyclic amines) is 1. The SMILES string of the molecule is O=C(Nc1ccccc1Cc1ccccc1)C1CCCN(C(=O)c2cccs2)C1. The molecule has 1 saturated heterocycles. The molecule has 1 N–H and O–H groups in total. The van der Waals surface area contributed by atoms with Gasteiger partial charge in [-0.3, -0.25) is 9.59 Å². The van der Waals surface area contributed by atoms with Crippen molar-refractivity contribution in [3.63, 3.8) is 0 Å². The van der Waals surface area contributed by atoms with Gasteiger partial charge >= 0.3 is 0 Å². The number of para-hydroxylation sites is 1. The zero-order valence-corrected chi connectivity index (χ0v) is 17.0. The Bertz CT molecular complexity index is 970. The van der Waals surface area contributed by atoms with Crippen LogP contribution in [-0.2, 0) is 11.2 Å². The first-order chi connectivity index (χ1) is 14.2. The van der Waals surface area contributed by atoms with E-state index >= 15 is 0 Å². The molecule has 29 heavy (non-hydrogen) atoms. The summed E-state index contributed by atoms with van der Waals surface area (Å²) in [5.41, 5.74) is 3.15. The van der Waals surface area contributed by atoms with Crippen LogP contribution in [0.4, 0.5) is 5.69 Å². The van der Waals surface area contributed by atoms with Crippen molar-refractivity contribution in [3.05, 3.63) is 88.1 Å². The van der Waals surface area contributed by atoms with Crippen molar-refractivity contribution in [2.24, 2.45) is 5.92 Å². The van der Waals surface area contributed by atoms with Gasteiger partial charge in [0, 0.05) is 18.8 Å². The number of carbonyl (C=O) groups excluding carboxylic acids is 2. The second-order valence-corrected chi connectivity index (χ2v) is 8.32. The molecule has 1 fully saturated rings. The predicted molar refractivity (Wildman–Crippen MR) is 117 cm³/mol. The molecule has 0 aliphatic carbocycles. The number of benzene rings is 2. The largest absolute Gasteiger partial charge is 0.337 e. The van der Waals surface area contributed by atoms with Gasteiger partial charge in [0.2, 0.25) is 5.91 Å². The number of hydrogen-bond acceptors (Lipinski definition) is 3. The van der Waals surface area contributed by atoms with Crippen LogP contribution in [0, 0.1) is 5.92 Å². The predicted octanol–water partition coefficient (Wildman–Crippen LogP) is 4.83. The molecule has 2 amide bonds. The van der Waals surface area contributed by atoms with Crippen molar-refractivity contribution in [3.8, 4) is 0 Å². The van der Waals surface area contributed by atoms with E-state index in [1.807, 2.05) is 58.8 Å². The number of carbonyl (C=O) groups is 2. The standard InChI is InChI=1S/C24H24N2O2S/c27-23(20-11-6-14-26(17-20)24(28)22-13-7-15-29-22)25-21-12-5-4-10-19(21)16-18-8-2-1-3-9-18/h1-5,7-10,12-13,15,20H,6,11,14,16-17H2,(H,25,27). The van der Waals surface area contributed by atoms with Crippen LogP contribution in [-0.4, -0.2) is 29.8 Å². The van der Waals surface area contributed by atoms with Gasteiger partial charge in [0.1, 0.15) is 0 Å². The fourth-order valence-corrected chi connectivity index (χ4v) is 4.47. The molecule has 5 heteroatoms. The monoisotopic (exact) mass is 404 g/mol. The maximum atomic E-state index is 13.0. The quantitative estimate of drug-likeness (QED) is 0.662. The number of nitrogens with one attached hydrogen (secondary N) is 1. The number of anilines is 1. The molecule has 1 aliphatic heterocycles. The number of rotatable bonds is 5. The lowest BCUT2D eigenvalue weighted by Gasteiger charge is -2.32. The van der Waals surface area contributed by atoms with E-state index in [1.54, 1.807) is 0 Å². The molecule has 0 spiro atoms. The van der Waals surface area contributed by atoms with Gasteiger partial charge in [-0.25, -0.2) is 0 Å². The summed E-state index contributed by atoms with van der Waals surface area (Å²) in [6.07, 6.45) is 2.42. The number of nitrogens with zero attached hydrogens (tertiary/aromatic N) is 1. The maximum absolute atomic E-state index is 13.0. The lowest BCUT2D eigenvalue weighted by molar-refractivity contribution is -0.121. The van der Waals surface area contributed by atoms with E-state index < -0.39 is 0 Å². The highest BCUT2D eigenvalue weighted by molar-refractivity contribution is 7.12. The van der Waals surface area contributed by atoms with Crippen LogP contribution in [0.15, 0.2) is 72.1 Å². The van der Waals surface area contributed by atoms with E-state index in [0.717, 1.165) is 35.4 Å². The first-order valence-electron chi connectivity index (χ1n) is 9.96. The van der Waals surface area contributed by atoms with Crippen LogP contribution in [0.3, 0.4) is 0 Å². The van der Waals surface area contributed by atoms with Gasteiger partial charge in [0.25, 0.3) is 5.91 Å². The summed E-state index contributed by atoms with van der Waals surface area (Å²) in [4.78, 5) is 28.2. The normalized spacial score (nSPS) is 16.4. The Hall–Kier alpha value is -2.92. The number of thiophene rings is 1. The van der Waals surface area contributed by atoms with Gasteiger partial charge in [0.15, 0.2) is 0 Å². The third-order valence-electron chi connectivity index (χ3n) is 5.32. The van der Waals surface area contributed by atoms with Gasteiger partial charge in [0.05, 0.1) is 10.8 Å². The topological polar surface area (TPSA) is 49.4 Å². The Morgan fingerprint density at radius 3 is 2.59 bits per heavy atom. The molecule has 0 radical (unpaired) electrons. The Labute approximate surface area is 175 Å². The van der Waals surface area contributed by atoms with Crippen molar-refractivity contribution in [2.45, 2.75) is 19.3 Å². The minimum absolute atomic E-state index is 0.00538.